The highest BCUT2D eigenvalue weighted by Crippen LogP contribution is 2.22. The molecule has 0 amide bonds. The predicted octanol–water partition coefficient (Wildman–Crippen LogP) is 7.25. The number of non-ortho nitro benzene ring substituents is 2. The van der Waals surface area contributed by atoms with Gasteiger partial charge in [0.2, 0.25) is 0 Å². The van der Waals surface area contributed by atoms with Crippen LogP contribution in [-0.4, -0.2) is 15.6 Å². The van der Waals surface area contributed by atoms with Gasteiger partial charge in [0, 0.05) is 35.4 Å². The minimum Gasteiger partial charge on any atom is -0.289 e. The normalized spacial score (nSPS) is 10.3. The molecule has 4 rings (SSSR count). The van der Waals surface area contributed by atoms with Crippen molar-refractivity contribution in [2.75, 3.05) is 0 Å². The van der Waals surface area contributed by atoms with Gasteiger partial charge in [0.25, 0.3) is 11.4 Å². The fourth-order valence-corrected chi connectivity index (χ4v) is 3.72. The van der Waals surface area contributed by atoms with E-state index in [-0.39, 0.29) is 22.1 Å². The van der Waals surface area contributed by atoms with Crippen molar-refractivity contribution in [1.82, 2.24) is 0 Å². The molecular weight excluding hydrogens is 468 g/mol. The summed E-state index contributed by atoms with van der Waals surface area (Å²) in [6, 6.07) is 24.8. The molecule has 0 aliphatic rings. The number of carbonyl (C=O) groups excluding carboxylic acids is 1. The SMILES string of the molecule is Cc1ccc(C(=O)c2cc([N+](=O)[O-])ccc2C)cc1.Cc1ccc(Cc2cc([N+](=O)[O-])ccc2C)cc1. The van der Waals surface area contributed by atoms with Crippen molar-refractivity contribution in [3.05, 3.63) is 150 Å². The van der Waals surface area contributed by atoms with Gasteiger partial charge < -0.3 is 0 Å². The van der Waals surface area contributed by atoms with Gasteiger partial charge in [-0.2, -0.15) is 0 Å². The minimum absolute atomic E-state index is 0.0685. The summed E-state index contributed by atoms with van der Waals surface area (Å²) in [5.41, 5.74) is 7.27. The van der Waals surface area contributed by atoms with Crippen molar-refractivity contribution in [1.29, 1.82) is 0 Å². The van der Waals surface area contributed by atoms with Gasteiger partial charge in [-0.1, -0.05) is 71.8 Å². The molecule has 0 saturated heterocycles. The number of nitrogens with zero attached hydrogens (tertiary/aromatic N) is 2. The van der Waals surface area contributed by atoms with E-state index in [1.165, 1.54) is 23.3 Å². The topological polar surface area (TPSA) is 103 Å². The van der Waals surface area contributed by atoms with E-state index in [1.807, 2.05) is 39.0 Å². The van der Waals surface area contributed by atoms with Gasteiger partial charge in [0.1, 0.15) is 0 Å². The molecule has 0 N–H and O–H groups in total. The Morgan fingerprint density at radius 3 is 1.68 bits per heavy atom. The Bertz CT molecular complexity index is 1440. The van der Waals surface area contributed by atoms with Crippen LogP contribution in [0.25, 0.3) is 0 Å². The van der Waals surface area contributed by atoms with Gasteiger partial charge in [-0.3, -0.25) is 25.0 Å². The summed E-state index contributed by atoms with van der Waals surface area (Å²) in [5, 5.41) is 21.5. The van der Waals surface area contributed by atoms with E-state index in [0.717, 1.165) is 28.7 Å². The third kappa shape index (κ3) is 7.18. The number of benzene rings is 4. The van der Waals surface area contributed by atoms with E-state index in [4.69, 9.17) is 0 Å². The predicted molar refractivity (Wildman–Crippen MR) is 144 cm³/mol. The van der Waals surface area contributed by atoms with E-state index in [0.29, 0.717) is 11.1 Å². The maximum Gasteiger partial charge on any atom is 0.270 e. The molecular formula is C30H28N2O5. The summed E-state index contributed by atoms with van der Waals surface area (Å²) in [6.45, 7) is 7.73. The van der Waals surface area contributed by atoms with Crippen molar-refractivity contribution in [2.24, 2.45) is 0 Å². The highest BCUT2D eigenvalue weighted by atomic mass is 16.6. The molecule has 4 aromatic carbocycles. The van der Waals surface area contributed by atoms with E-state index in [9.17, 15) is 25.0 Å². The number of aryl methyl sites for hydroxylation is 4. The molecule has 0 radical (unpaired) electrons. The molecule has 0 atom stereocenters. The second-order valence-electron chi connectivity index (χ2n) is 8.98. The van der Waals surface area contributed by atoms with Crippen LogP contribution in [0.1, 0.15) is 49.3 Å². The van der Waals surface area contributed by atoms with E-state index >= 15 is 0 Å². The zero-order valence-electron chi connectivity index (χ0n) is 21.2. The summed E-state index contributed by atoms with van der Waals surface area (Å²) < 4.78 is 0. The van der Waals surface area contributed by atoms with Crippen molar-refractivity contribution in [2.45, 2.75) is 34.1 Å². The number of nitro benzene ring substituents is 2. The Morgan fingerprint density at radius 2 is 1.14 bits per heavy atom. The Labute approximate surface area is 215 Å². The van der Waals surface area contributed by atoms with Crippen LogP contribution in [0.4, 0.5) is 11.4 Å². The monoisotopic (exact) mass is 496 g/mol. The summed E-state index contributed by atoms with van der Waals surface area (Å²) in [7, 11) is 0. The highest BCUT2D eigenvalue weighted by molar-refractivity contribution is 6.10. The van der Waals surface area contributed by atoms with Crippen molar-refractivity contribution >= 4 is 17.2 Å². The number of nitro groups is 2. The number of carbonyl (C=O) groups is 1. The Hall–Kier alpha value is -4.65. The average molecular weight is 497 g/mol. The molecule has 0 aromatic heterocycles. The van der Waals surface area contributed by atoms with Crippen LogP contribution in [0, 0.1) is 47.9 Å². The summed E-state index contributed by atoms with van der Waals surface area (Å²) >= 11 is 0. The second kappa shape index (κ2) is 11.9. The van der Waals surface area contributed by atoms with Crippen LogP contribution in [-0.2, 0) is 6.42 Å². The number of ketones is 1. The van der Waals surface area contributed by atoms with Gasteiger partial charge in [0.15, 0.2) is 5.78 Å². The lowest BCUT2D eigenvalue weighted by Gasteiger charge is -2.06. The molecule has 0 fully saturated rings. The third-order valence-corrected chi connectivity index (χ3v) is 6.05. The first-order valence-corrected chi connectivity index (χ1v) is 11.7. The van der Waals surface area contributed by atoms with Crippen molar-refractivity contribution in [3.63, 3.8) is 0 Å². The molecule has 0 unspecified atom stereocenters. The van der Waals surface area contributed by atoms with Crippen LogP contribution in [0.15, 0.2) is 84.9 Å². The molecule has 37 heavy (non-hydrogen) atoms. The quantitative estimate of drug-likeness (QED) is 0.159. The fourth-order valence-electron chi connectivity index (χ4n) is 3.72. The lowest BCUT2D eigenvalue weighted by Crippen LogP contribution is -2.04. The van der Waals surface area contributed by atoms with Crippen LogP contribution in [0.2, 0.25) is 0 Å². The molecule has 0 aliphatic heterocycles. The van der Waals surface area contributed by atoms with Crippen LogP contribution in [0.3, 0.4) is 0 Å². The summed E-state index contributed by atoms with van der Waals surface area (Å²) in [5.74, 6) is -0.193. The smallest absolute Gasteiger partial charge is 0.270 e. The second-order valence-corrected chi connectivity index (χ2v) is 8.98. The van der Waals surface area contributed by atoms with E-state index in [2.05, 4.69) is 24.3 Å². The van der Waals surface area contributed by atoms with Crippen molar-refractivity contribution in [3.8, 4) is 0 Å². The van der Waals surface area contributed by atoms with Crippen molar-refractivity contribution < 1.29 is 14.6 Å². The lowest BCUT2D eigenvalue weighted by atomic mass is 9.98. The maximum absolute atomic E-state index is 12.3. The molecule has 0 saturated carbocycles. The Kier molecular flexibility index (Phi) is 8.64. The van der Waals surface area contributed by atoms with E-state index in [1.54, 1.807) is 37.3 Å². The average Bonchev–Trinajstić information content (AvgIpc) is 2.87. The van der Waals surface area contributed by atoms with Gasteiger partial charge >= 0.3 is 0 Å². The van der Waals surface area contributed by atoms with E-state index < -0.39 is 4.92 Å². The Balaban J connectivity index is 0.000000206. The number of hydrogen-bond donors (Lipinski definition) is 0. The molecule has 7 nitrogen and oxygen atoms in total. The molecule has 4 aromatic rings. The van der Waals surface area contributed by atoms with Crippen LogP contribution >= 0.6 is 0 Å². The zero-order chi connectivity index (χ0) is 27.1. The fraction of sp³-hybridized carbons (Fsp3) is 0.167. The number of hydrogen-bond acceptors (Lipinski definition) is 5. The van der Waals surface area contributed by atoms with Gasteiger partial charge in [-0.15, -0.1) is 0 Å². The first kappa shape index (κ1) is 26.9. The van der Waals surface area contributed by atoms with Gasteiger partial charge in [-0.25, -0.2) is 0 Å². The third-order valence-electron chi connectivity index (χ3n) is 6.05. The molecule has 0 aliphatic carbocycles. The molecule has 0 spiro atoms. The van der Waals surface area contributed by atoms with Gasteiger partial charge in [-0.05, 0) is 56.4 Å². The summed E-state index contributed by atoms with van der Waals surface area (Å²) in [4.78, 5) is 33.0. The lowest BCUT2D eigenvalue weighted by molar-refractivity contribution is -0.385. The zero-order valence-corrected chi connectivity index (χ0v) is 21.2. The summed E-state index contributed by atoms with van der Waals surface area (Å²) in [6.07, 6.45) is 0.730. The molecule has 188 valence electrons. The molecule has 0 heterocycles. The van der Waals surface area contributed by atoms with Crippen LogP contribution < -0.4 is 0 Å². The highest BCUT2D eigenvalue weighted by Gasteiger charge is 2.16. The number of rotatable bonds is 6. The molecule has 7 heteroatoms. The molecule has 0 bridgehead atoms. The standard InChI is InChI=1S/C15H13NO3.C15H15NO2/c1-10-3-6-12(7-4-10)15(17)14-9-13(16(18)19)8-5-11(14)2;1-11-3-6-13(7-4-11)9-14-10-15(16(17)18)8-5-12(14)2/h3-9H,1-2H3;3-8,10H,9H2,1-2H3. The van der Waals surface area contributed by atoms with Crippen LogP contribution in [0.5, 0.6) is 0 Å². The maximum atomic E-state index is 12.3. The first-order valence-electron chi connectivity index (χ1n) is 11.7. The van der Waals surface area contributed by atoms with Gasteiger partial charge in [0.05, 0.1) is 9.85 Å². The minimum atomic E-state index is -0.495. The Morgan fingerprint density at radius 1 is 0.649 bits per heavy atom. The first-order chi connectivity index (χ1) is 17.5. The largest absolute Gasteiger partial charge is 0.289 e.